The fourth-order valence-corrected chi connectivity index (χ4v) is 8.73. The Labute approximate surface area is 297 Å². The number of H-pyrrole nitrogens is 2. The molecule has 2 bridgehead atoms. The second-order valence-electron chi connectivity index (χ2n) is 14.5. The largest absolute Gasteiger partial charge is 0.375 e. The van der Waals surface area contributed by atoms with Gasteiger partial charge in [0, 0.05) is 43.9 Å². The first kappa shape index (κ1) is 35.8. The Morgan fingerprint density at radius 3 is 2.44 bits per heavy atom. The van der Waals surface area contributed by atoms with E-state index < -0.39 is 0 Å². The van der Waals surface area contributed by atoms with Gasteiger partial charge in [0.15, 0.2) is 0 Å². The molecule has 3 aliphatic carbocycles. The van der Waals surface area contributed by atoms with Gasteiger partial charge in [-0.05, 0) is 107 Å². The molecule has 1 saturated heterocycles. The first-order chi connectivity index (χ1) is 24.3. The number of ether oxygens (including phenoxy) is 1. The third-order valence-electron chi connectivity index (χ3n) is 11.7. The van der Waals surface area contributed by atoms with E-state index in [1.807, 2.05) is 50.2 Å². The molecular formula is C40H55N7O3. The van der Waals surface area contributed by atoms with Gasteiger partial charge in [-0.15, -0.1) is 0 Å². The van der Waals surface area contributed by atoms with E-state index in [1.54, 1.807) is 7.11 Å². The summed E-state index contributed by atoms with van der Waals surface area (Å²) in [5.74, 6) is 1.95. The van der Waals surface area contributed by atoms with Crippen LogP contribution in [0.25, 0.3) is 11.3 Å². The Balaban J connectivity index is 0.992. The van der Waals surface area contributed by atoms with Crippen molar-refractivity contribution in [2.45, 2.75) is 107 Å². The number of aromatic nitrogens is 4. The molecule has 2 amide bonds. The lowest BCUT2D eigenvalue weighted by Crippen LogP contribution is -2.46. The molecule has 2 atom stereocenters. The molecule has 1 aliphatic heterocycles. The molecule has 7 rings (SSSR count). The van der Waals surface area contributed by atoms with Crippen molar-refractivity contribution in [2.75, 3.05) is 33.9 Å². The van der Waals surface area contributed by atoms with Crippen LogP contribution in [-0.2, 0) is 31.6 Å². The quantitative estimate of drug-likeness (QED) is 0.112. The molecular weight excluding hydrogens is 626 g/mol. The number of amides is 2. The summed E-state index contributed by atoms with van der Waals surface area (Å²) in [4.78, 5) is 43.9. The summed E-state index contributed by atoms with van der Waals surface area (Å²) in [5.41, 5.74) is 6.27. The molecule has 2 aromatic heterocycles. The highest BCUT2D eigenvalue weighted by atomic mass is 16.5. The Hall–Kier alpha value is -4.02. The number of aryl methyl sites for hydroxylation is 1. The number of unbranched alkanes of at least 4 members (excludes halogenated alkanes) is 1. The fraction of sp³-hybridized carbons (Fsp3) is 0.550. The molecule has 0 spiro atoms. The van der Waals surface area contributed by atoms with E-state index in [-0.39, 0.29) is 41.3 Å². The van der Waals surface area contributed by atoms with Crippen molar-refractivity contribution in [3.8, 4) is 11.3 Å². The van der Waals surface area contributed by atoms with Gasteiger partial charge in [-0.2, -0.15) is 0 Å². The summed E-state index contributed by atoms with van der Waals surface area (Å²) in [5, 5.41) is 6.18. The number of hydrogen-bond donors (Lipinski definition) is 4. The number of imidazole rings is 2. The molecule has 4 aliphatic rings. The molecule has 3 saturated carbocycles. The zero-order valence-electron chi connectivity index (χ0n) is 30.3. The first-order valence-electron chi connectivity index (χ1n) is 18.6. The highest BCUT2D eigenvalue weighted by molar-refractivity contribution is 5.85. The number of allylic oxidation sites excluding steroid dienone is 2. The highest BCUT2D eigenvalue weighted by Crippen LogP contribution is 2.58. The van der Waals surface area contributed by atoms with Gasteiger partial charge >= 0.3 is 0 Å². The third kappa shape index (κ3) is 7.37. The third-order valence-corrected chi connectivity index (χ3v) is 11.7. The van der Waals surface area contributed by atoms with Crippen molar-refractivity contribution in [3.63, 3.8) is 0 Å². The summed E-state index contributed by atoms with van der Waals surface area (Å²) in [6.45, 7) is 5.44. The molecule has 2 unspecified atom stereocenters. The van der Waals surface area contributed by atoms with E-state index in [1.165, 1.54) is 30.5 Å². The molecule has 0 radical (unpaired) electrons. The SMILES string of the molecule is C/C=C\C(=C/C)C(NC)C(=O)NCCCCc1ncc(-c2ccc(C34CCC(c5cnc(C6CCCN6C(=O)COC)[nH]5)(CC3)CC4)cc2)[nH]1. The standard InChI is InChI=1S/C40H55N7O3/c1-5-10-28(6-2)36(41-3)38(49)42-23-8-7-12-34-43-25-31(45-34)29-13-15-30(16-14-29)39-17-20-40(21-18-39,22-19-39)33-26-44-37(46-33)32-11-9-24-47(32)35(48)27-50-4/h5-6,10,13-16,25-26,32,36,41H,7-9,11-12,17-24,27H2,1-4H3,(H,42,49)(H,43,45)(H,44,46)/b10-5-,28-6+. The summed E-state index contributed by atoms with van der Waals surface area (Å²) in [7, 11) is 3.39. The van der Waals surface area contributed by atoms with E-state index in [2.05, 4.69) is 56.0 Å². The number of carbonyl (C=O) groups excluding carboxylic acids is 2. The second-order valence-corrected chi connectivity index (χ2v) is 14.5. The van der Waals surface area contributed by atoms with Gasteiger partial charge in [-0.1, -0.05) is 42.5 Å². The number of benzene rings is 1. The van der Waals surface area contributed by atoms with Crippen molar-refractivity contribution in [1.29, 1.82) is 0 Å². The minimum atomic E-state index is -0.343. The van der Waals surface area contributed by atoms with Crippen molar-refractivity contribution in [2.24, 2.45) is 0 Å². The maximum Gasteiger partial charge on any atom is 0.249 e. The molecule has 4 fully saturated rings. The lowest BCUT2D eigenvalue weighted by molar-refractivity contribution is -0.136. The topological polar surface area (TPSA) is 128 Å². The predicted molar refractivity (Wildman–Crippen MR) is 197 cm³/mol. The zero-order chi connectivity index (χ0) is 35.1. The summed E-state index contributed by atoms with van der Waals surface area (Å²) >= 11 is 0. The van der Waals surface area contributed by atoms with Crippen LogP contribution in [0.1, 0.15) is 107 Å². The number of rotatable bonds is 15. The van der Waals surface area contributed by atoms with E-state index >= 15 is 0 Å². The van der Waals surface area contributed by atoms with Crippen molar-refractivity contribution >= 4 is 11.8 Å². The first-order valence-corrected chi connectivity index (χ1v) is 18.6. The van der Waals surface area contributed by atoms with E-state index in [4.69, 9.17) is 9.72 Å². The normalized spacial score (nSPS) is 24.3. The molecule has 10 nitrogen and oxygen atoms in total. The smallest absolute Gasteiger partial charge is 0.249 e. The number of carbonyl (C=O) groups is 2. The van der Waals surface area contributed by atoms with Crippen LogP contribution in [0.15, 0.2) is 60.5 Å². The average molecular weight is 682 g/mol. The van der Waals surface area contributed by atoms with Gasteiger partial charge < -0.3 is 30.2 Å². The van der Waals surface area contributed by atoms with Crippen LogP contribution in [0.4, 0.5) is 0 Å². The van der Waals surface area contributed by atoms with E-state index in [9.17, 15) is 9.59 Å². The minimum Gasteiger partial charge on any atom is -0.375 e. The molecule has 1 aromatic carbocycles. The van der Waals surface area contributed by atoms with Gasteiger partial charge in [0.2, 0.25) is 11.8 Å². The fourth-order valence-electron chi connectivity index (χ4n) is 8.73. The number of nitrogens with zero attached hydrogens (tertiary/aromatic N) is 3. The Kier molecular flexibility index (Phi) is 11.4. The van der Waals surface area contributed by atoms with Gasteiger partial charge in [-0.25, -0.2) is 9.97 Å². The molecule has 50 heavy (non-hydrogen) atoms. The van der Waals surface area contributed by atoms with Gasteiger partial charge in [-0.3, -0.25) is 9.59 Å². The summed E-state index contributed by atoms with van der Waals surface area (Å²) in [6, 6.07) is 8.85. The van der Waals surface area contributed by atoms with Crippen LogP contribution in [0.5, 0.6) is 0 Å². The maximum absolute atomic E-state index is 12.7. The van der Waals surface area contributed by atoms with Crippen molar-refractivity contribution in [1.82, 2.24) is 35.5 Å². The van der Waals surface area contributed by atoms with Gasteiger partial charge in [0.1, 0.15) is 24.3 Å². The highest BCUT2D eigenvalue weighted by Gasteiger charge is 2.51. The predicted octanol–water partition coefficient (Wildman–Crippen LogP) is 6.20. The Morgan fingerprint density at radius 2 is 1.76 bits per heavy atom. The number of likely N-dealkylation sites (N-methyl/N-ethyl adjacent to an activating group) is 1. The second kappa shape index (κ2) is 15.9. The summed E-state index contributed by atoms with van der Waals surface area (Å²) in [6.07, 6.45) is 21.5. The molecule has 4 N–H and O–H groups in total. The van der Waals surface area contributed by atoms with Crippen molar-refractivity contribution in [3.05, 3.63) is 83.4 Å². The lowest BCUT2D eigenvalue weighted by Gasteiger charge is -2.53. The van der Waals surface area contributed by atoms with Crippen LogP contribution in [0, 0.1) is 0 Å². The molecule has 3 heterocycles. The number of likely N-dealkylation sites (tertiary alicyclic amines) is 1. The molecule has 10 heteroatoms. The average Bonchev–Trinajstić information content (AvgIpc) is 3.94. The van der Waals surface area contributed by atoms with Crippen LogP contribution < -0.4 is 10.6 Å². The van der Waals surface area contributed by atoms with Crippen LogP contribution >= 0.6 is 0 Å². The van der Waals surface area contributed by atoms with Crippen LogP contribution in [-0.4, -0.2) is 76.5 Å². The summed E-state index contributed by atoms with van der Waals surface area (Å²) < 4.78 is 5.12. The lowest BCUT2D eigenvalue weighted by atomic mass is 9.51. The van der Waals surface area contributed by atoms with Crippen LogP contribution in [0.3, 0.4) is 0 Å². The monoisotopic (exact) mass is 681 g/mol. The zero-order valence-corrected chi connectivity index (χ0v) is 30.3. The van der Waals surface area contributed by atoms with Crippen molar-refractivity contribution < 1.29 is 14.3 Å². The number of aromatic amines is 2. The van der Waals surface area contributed by atoms with E-state index in [0.717, 1.165) is 86.4 Å². The minimum absolute atomic E-state index is 0.000739. The number of nitrogens with one attached hydrogen (secondary N) is 4. The molecule has 3 aromatic rings. The Bertz CT molecular complexity index is 1640. The maximum atomic E-state index is 12.7. The number of methoxy groups -OCH3 is 1. The Morgan fingerprint density at radius 1 is 1.02 bits per heavy atom. The number of fused-ring (bicyclic) bond motifs is 3. The van der Waals surface area contributed by atoms with Gasteiger partial charge in [0.05, 0.1) is 17.9 Å². The van der Waals surface area contributed by atoms with Crippen LogP contribution in [0.2, 0.25) is 0 Å². The van der Waals surface area contributed by atoms with Gasteiger partial charge in [0.25, 0.3) is 0 Å². The van der Waals surface area contributed by atoms with E-state index in [0.29, 0.717) is 6.54 Å². The molecule has 268 valence electrons. The number of hydrogen-bond acceptors (Lipinski definition) is 6.